The Morgan fingerprint density at radius 3 is 2.50 bits per heavy atom. The van der Waals surface area contributed by atoms with Gasteiger partial charge in [0, 0.05) is 30.8 Å². The Kier molecular flexibility index (Phi) is 5.14. The molecule has 2 aromatic rings. The van der Waals surface area contributed by atoms with Crippen LogP contribution in [0.15, 0.2) is 42.5 Å². The number of amides is 2. The molecular formula is C21H21FN2O4. The van der Waals surface area contributed by atoms with Crippen LogP contribution in [0.5, 0.6) is 11.5 Å². The van der Waals surface area contributed by atoms with Gasteiger partial charge < -0.3 is 19.7 Å². The molecule has 6 nitrogen and oxygen atoms in total. The molecule has 0 bridgehead atoms. The number of hydrogen-bond donors (Lipinski definition) is 1. The molecule has 0 radical (unpaired) electrons. The van der Waals surface area contributed by atoms with E-state index in [0.717, 1.165) is 5.56 Å². The summed E-state index contributed by atoms with van der Waals surface area (Å²) in [5.74, 6) is 0.793. The van der Waals surface area contributed by atoms with Crippen LogP contribution < -0.4 is 14.8 Å². The second-order valence-electron chi connectivity index (χ2n) is 7.02. The molecule has 146 valence electrons. The molecule has 0 aliphatic carbocycles. The summed E-state index contributed by atoms with van der Waals surface area (Å²) < 4.78 is 23.6. The summed E-state index contributed by atoms with van der Waals surface area (Å²) in [6, 6.07) is 11.3. The van der Waals surface area contributed by atoms with Crippen molar-refractivity contribution in [3.63, 3.8) is 0 Å². The van der Waals surface area contributed by atoms with Gasteiger partial charge >= 0.3 is 0 Å². The molecule has 0 aromatic heterocycles. The van der Waals surface area contributed by atoms with Crippen LogP contribution in [0.2, 0.25) is 0 Å². The highest BCUT2D eigenvalue weighted by atomic mass is 19.1. The lowest BCUT2D eigenvalue weighted by Gasteiger charge is -2.31. The van der Waals surface area contributed by atoms with Crippen molar-refractivity contribution in [3.05, 3.63) is 53.8 Å². The van der Waals surface area contributed by atoms with Crippen LogP contribution in [0.4, 0.5) is 10.1 Å². The first-order chi connectivity index (χ1) is 13.6. The fourth-order valence-electron chi connectivity index (χ4n) is 3.50. The van der Waals surface area contributed by atoms with E-state index in [9.17, 15) is 14.0 Å². The predicted octanol–water partition coefficient (Wildman–Crippen LogP) is 2.97. The van der Waals surface area contributed by atoms with Crippen molar-refractivity contribution in [2.24, 2.45) is 5.92 Å². The van der Waals surface area contributed by atoms with Gasteiger partial charge in [0.15, 0.2) is 11.5 Å². The number of hydrogen-bond acceptors (Lipinski definition) is 4. The number of piperidine rings is 1. The summed E-state index contributed by atoms with van der Waals surface area (Å²) in [5.41, 5.74) is 1.46. The van der Waals surface area contributed by atoms with Crippen molar-refractivity contribution in [1.29, 1.82) is 0 Å². The molecule has 1 N–H and O–H groups in total. The number of fused-ring (bicyclic) bond motifs is 1. The molecule has 2 aliphatic rings. The Hall–Kier alpha value is -3.09. The molecule has 2 aliphatic heterocycles. The Morgan fingerprint density at radius 2 is 1.75 bits per heavy atom. The highest BCUT2D eigenvalue weighted by molar-refractivity contribution is 5.93. The van der Waals surface area contributed by atoms with Crippen LogP contribution in [0, 0.1) is 11.7 Å². The number of rotatable bonds is 4. The third kappa shape index (κ3) is 4.08. The molecule has 4 rings (SSSR count). The van der Waals surface area contributed by atoms with Gasteiger partial charge in [-0.15, -0.1) is 0 Å². The molecule has 1 fully saturated rings. The van der Waals surface area contributed by atoms with Crippen LogP contribution in [0.1, 0.15) is 18.4 Å². The minimum Gasteiger partial charge on any atom is -0.454 e. The number of halogens is 1. The van der Waals surface area contributed by atoms with Gasteiger partial charge in [-0.05, 0) is 42.7 Å². The zero-order chi connectivity index (χ0) is 19.5. The second kappa shape index (κ2) is 7.88. The highest BCUT2D eigenvalue weighted by Crippen LogP contribution is 2.34. The van der Waals surface area contributed by atoms with E-state index in [1.807, 2.05) is 0 Å². The van der Waals surface area contributed by atoms with E-state index < -0.39 is 0 Å². The normalized spacial score (nSPS) is 16.1. The van der Waals surface area contributed by atoms with Crippen LogP contribution in [0.25, 0.3) is 0 Å². The second-order valence-corrected chi connectivity index (χ2v) is 7.02. The lowest BCUT2D eigenvalue weighted by Crippen LogP contribution is -2.42. The summed E-state index contributed by atoms with van der Waals surface area (Å²) in [6.07, 6.45) is 1.48. The van der Waals surface area contributed by atoms with Gasteiger partial charge in [0.1, 0.15) is 5.82 Å². The Bertz CT molecular complexity index is 876. The van der Waals surface area contributed by atoms with E-state index in [0.29, 0.717) is 43.1 Å². The number of carbonyl (C=O) groups excluding carboxylic acids is 2. The summed E-state index contributed by atoms with van der Waals surface area (Å²) in [4.78, 5) is 26.8. The molecule has 0 saturated carbocycles. The molecular weight excluding hydrogens is 363 g/mol. The highest BCUT2D eigenvalue weighted by Gasteiger charge is 2.27. The van der Waals surface area contributed by atoms with Gasteiger partial charge in [-0.1, -0.05) is 12.1 Å². The number of carbonyl (C=O) groups is 2. The maximum absolute atomic E-state index is 13.0. The number of nitrogens with one attached hydrogen (secondary N) is 1. The zero-order valence-electron chi connectivity index (χ0n) is 15.3. The third-order valence-electron chi connectivity index (χ3n) is 5.13. The maximum atomic E-state index is 13.0. The molecule has 2 amide bonds. The molecule has 0 unspecified atom stereocenters. The summed E-state index contributed by atoms with van der Waals surface area (Å²) in [6.45, 7) is 1.27. The van der Waals surface area contributed by atoms with Gasteiger partial charge in [-0.2, -0.15) is 0 Å². The lowest BCUT2D eigenvalue weighted by molar-refractivity contribution is -0.133. The van der Waals surface area contributed by atoms with E-state index in [2.05, 4.69) is 5.32 Å². The minimum atomic E-state index is -0.314. The largest absolute Gasteiger partial charge is 0.454 e. The standard InChI is InChI=1S/C21H21FN2O4/c22-16-3-1-14(2-4-16)11-20(25)24-9-7-15(8-10-24)21(26)23-17-5-6-18-19(12-17)28-13-27-18/h1-6,12,15H,7-11,13H2,(H,23,26). The lowest BCUT2D eigenvalue weighted by atomic mass is 9.95. The SMILES string of the molecule is O=C(Nc1ccc2c(c1)OCO2)C1CCN(C(=O)Cc2ccc(F)cc2)CC1. The van der Waals surface area contributed by atoms with E-state index in [1.54, 1.807) is 35.2 Å². The van der Waals surface area contributed by atoms with Crippen LogP contribution in [-0.2, 0) is 16.0 Å². The van der Waals surface area contributed by atoms with Crippen molar-refractivity contribution in [3.8, 4) is 11.5 Å². The smallest absolute Gasteiger partial charge is 0.231 e. The van der Waals surface area contributed by atoms with Gasteiger partial charge in [0.25, 0.3) is 0 Å². The molecule has 0 atom stereocenters. The summed E-state index contributed by atoms with van der Waals surface area (Å²) in [5, 5.41) is 2.92. The Labute approximate surface area is 162 Å². The quantitative estimate of drug-likeness (QED) is 0.880. The van der Waals surface area contributed by atoms with E-state index in [1.165, 1.54) is 12.1 Å². The number of likely N-dealkylation sites (tertiary alicyclic amines) is 1. The topological polar surface area (TPSA) is 67.9 Å². The first-order valence-electron chi connectivity index (χ1n) is 9.31. The van der Waals surface area contributed by atoms with Crippen molar-refractivity contribution >= 4 is 17.5 Å². The van der Waals surface area contributed by atoms with E-state index in [4.69, 9.17) is 9.47 Å². The number of anilines is 1. The van der Waals surface area contributed by atoms with Crippen LogP contribution in [-0.4, -0.2) is 36.6 Å². The fraction of sp³-hybridized carbons (Fsp3) is 0.333. The number of benzene rings is 2. The molecule has 7 heteroatoms. The average Bonchev–Trinajstić information content (AvgIpc) is 3.17. The van der Waals surface area contributed by atoms with E-state index in [-0.39, 0.29) is 36.8 Å². The predicted molar refractivity (Wildman–Crippen MR) is 101 cm³/mol. The average molecular weight is 384 g/mol. The number of ether oxygens (including phenoxy) is 2. The molecule has 0 spiro atoms. The summed E-state index contributed by atoms with van der Waals surface area (Å²) >= 11 is 0. The third-order valence-corrected chi connectivity index (χ3v) is 5.13. The minimum absolute atomic E-state index is 0.00115. The van der Waals surface area contributed by atoms with E-state index >= 15 is 0 Å². The van der Waals surface area contributed by atoms with Crippen molar-refractivity contribution < 1.29 is 23.5 Å². The Morgan fingerprint density at radius 1 is 1.04 bits per heavy atom. The fourth-order valence-corrected chi connectivity index (χ4v) is 3.50. The van der Waals surface area contributed by atoms with Crippen molar-refractivity contribution in [2.75, 3.05) is 25.2 Å². The van der Waals surface area contributed by atoms with Crippen molar-refractivity contribution in [1.82, 2.24) is 4.90 Å². The first-order valence-corrected chi connectivity index (χ1v) is 9.31. The molecule has 2 aromatic carbocycles. The van der Waals surface area contributed by atoms with Gasteiger partial charge in [-0.25, -0.2) is 4.39 Å². The monoisotopic (exact) mass is 384 g/mol. The first kappa shape index (κ1) is 18.3. The zero-order valence-corrected chi connectivity index (χ0v) is 15.3. The van der Waals surface area contributed by atoms with Gasteiger partial charge in [-0.3, -0.25) is 9.59 Å². The van der Waals surface area contributed by atoms with Crippen molar-refractivity contribution in [2.45, 2.75) is 19.3 Å². The number of nitrogens with zero attached hydrogens (tertiary/aromatic N) is 1. The van der Waals surface area contributed by atoms with Crippen LogP contribution >= 0.6 is 0 Å². The van der Waals surface area contributed by atoms with Crippen LogP contribution in [0.3, 0.4) is 0 Å². The molecule has 28 heavy (non-hydrogen) atoms. The van der Waals surface area contributed by atoms with Gasteiger partial charge in [0.2, 0.25) is 18.6 Å². The maximum Gasteiger partial charge on any atom is 0.231 e. The molecule has 2 heterocycles. The molecule has 1 saturated heterocycles. The van der Waals surface area contributed by atoms with Gasteiger partial charge in [0.05, 0.1) is 6.42 Å². The Balaban J connectivity index is 1.28. The summed E-state index contributed by atoms with van der Waals surface area (Å²) in [7, 11) is 0.